The number of furan rings is 1. The van der Waals surface area contributed by atoms with E-state index in [1.165, 1.54) is 0 Å². The minimum atomic E-state index is -0.406. The Kier molecular flexibility index (Phi) is 3.26. The highest BCUT2D eigenvalue weighted by atomic mass is 16.5. The standard InChI is InChI=1S/C16H19N3O4/c1-10-3-4-12(22-10)14(20)19-7-5-13-16(9-19,6-8-21-13)15-17-11(2)18-23-15/h3-4,13H,5-9H2,1-2H3/t13-,16-/m1/s1. The molecule has 0 bridgehead atoms. The third-order valence-corrected chi connectivity index (χ3v) is 4.81. The fourth-order valence-electron chi connectivity index (χ4n) is 3.63. The first-order valence-electron chi connectivity index (χ1n) is 7.87. The topological polar surface area (TPSA) is 81.6 Å². The molecule has 4 rings (SSSR count). The molecule has 0 spiro atoms. The van der Waals surface area contributed by atoms with Crippen LogP contribution in [0.15, 0.2) is 21.1 Å². The Bertz CT molecular complexity index is 737. The van der Waals surface area contributed by atoms with E-state index in [-0.39, 0.29) is 12.0 Å². The summed E-state index contributed by atoms with van der Waals surface area (Å²) in [6, 6.07) is 3.52. The van der Waals surface area contributed by atoms with Gasteiger partial charge in [-0.3, -0.25) is 4.79 Å². The Morgan fingerprint density at radius 2 is 2.26 bits per heavy atom. The minimum absolute atomic E-state index is 0.0183. The van der Waals surface area contributed by atoms with Gasteiger partial charge in [0.15, 0.2) is 11.6 Å². The first kappa shape index (κ1) is 14.4. The number of hydrogen-bond acceptors (Lipinski definition) is 6. The molecule has 2 atom stereocenters. The van der Waals surface area contributed by atoms with Crippen molar-refractivity contribution < 1.29 is 18.5 Å². The van der Waals surface area contributed by atoms with Crippen molar-refractivity contribution in [3.05, 3.63) is 35.4 Å². The van der Waals surface area contributed by atoms with Gasteiger partial charge in [-0.05, 0) is 38.8 Å². The lowest BCUT2D eigenvalue weighted by atomic mass is 9.76. The van der Waals surface area contributed by atoms with E-state index in [0.717, 1.165) is 18.6 Å². The van der Waals surface area contributed by atoms with E-state index in [9.17, 15) is 4.79 Å². The molecular weight excluding hydrogens is 298 g/mol. The molecule has 0 aliphatic carbocycles. The summed E-state index contributed by atoms with van der Waals surface area (Å²) >= 11 is 0. The molecule has 2 aliphatic heterocycles. The van der Waals surface area contributed by atoms with Crippen LogP contribution >= 0.6 is 0 Å². The predicted octanol–water partition coefficient (Wildman–Crippen LogP) is 1.85. The fraction of sp³-hybridized carbons (Fsp3) is 0.562. The van der Waals surface area contributed by atoms with E-state index in [0.29, 0.717) is 37.2 Å². The number of carbonyl (C=O) groups excluding carboxylic acids is 1. The maximum absolute atomic E-state index is 12.7. The summed E-state index contributed by atoms with van der Waals surface area (Å²) in [6.07, 6.45) is 1.55. The number of aryl methyl sites for hydroxylation is 2. The predicted molar refractivity (Wildman–Crippen MR) is 79.0 cm³/mol. The first-order chi connectivity index (χ1) is 11.1. The highest BCUT2D eigenvalue weighted by molar-refractivity contribution is 5.91. The lowest BCUT2D eigenvalue weighted by Crippen LogP contribution is -2.54. The van der Waals surface area contributed by atoms with Crippen molar-refractivity contribution in [1.82, 2.24) is 15.0 Å². The number of ether oxygens (including phenoxy) is 1. The lowest BCUT2D eigenvalue weighted by molar-refractivity contribution is 0.00706. The fourth-order valence-corrected chi connectivity index (χ4v) is 3.63. The molecule has 4 heterocycles. The van der Waals surface area contributed by atoms with Gasteiger partial charge >= 0.3 is 0 Å². The van der Waals surface area contributed by atoms with E-state index in [1.54, 1.807) is 19.1 Å². The summed E-state index contributed by atoms with van der Waals surface area (Å²) in [7, 11) is 0. The molecule has 0 aromatic carbocycles. The van der Waals surface area contributed by atoms with E-state index < -0.39 is 5.41 Å². The summed E-state index contributed by atoms with van der Waals surface area (Å²) in [6.45, 7) is 5.42. The van der Waals surface area contributed by atoms with Crippen LogP contribution in [0.2, 0.25) is 0 Å². The number of aromatic nitrogens is 2. The van der Waals surface area contributed by atoms with Crippen LogP contribution in [-0.4, -0.2) is 46.7 Å². The number of fused-ring (bicyclic) bond motifs is 1. The first-order valence-corrected chi connectivity index (χ1v) is 7.87. The van der Waals surface area contributed by atoms with Gasteiger partial charge in [0, 0.05) is 19.7 Å². The van der Waals surface area contributed by atoms with Crippen LogP contribution in [0.1, 0.15) is 40.9 Å². The molecule has 23 heavy (non-hydrogen) atoms. The van der Waals surface area contributed by atoms with Gasteiger partial charge in [-0.2, -0.15) is 4.98 Å². The van der Waals surface area contributed by atoms with Crippen LogP contribution in [0, 0.1) is 13.8 Å². The van der Waals surface area contributed by atoms with E-state index >= 15 is 0 Å². The Morgan fingerprint density at radius 1 is 1.39 bits per heavy atom. The molecule has 2 aliphatic rings. The van der Waals surface area contributed by atoms with E-state index in [2.05, 4.69) is 10.1 Å². The average molecular weight is 317 g/mol. The van der Waals surface area contributed by atoms with E-state index in [1.807, 2.05) is 11.8 Å². The van der Waals surface area contributed by atoms with Crippen LogP contribution in [-0.2, 0) is 10.2 Å². The Labute approximate surface area is 133 Å². The Morgan fingerprint density at radius 3 is 2.96 bits per heavy atom. The smallest absolute Gasteiger partial charge is 0.289 e. The van der Waals surface area contributed by atoms with Crippen molar-refractivity contribution in [2.24, 2.45) is 0 Å². The zero-order valence-electron chi connectivity index (χ0n) is 13.2. The van der Waals surface area contributed by atoms with Gasteiger partial charge in [-0.25, -0.2) is 0 Å². The molecule has 2 aromatic heterocycles. The van der Waals surface area contributed by atoms with Gasteiger partial charge in [0.2, 0.25) is 5.89 Å². The minimum Gasteiger partial charge on any atom is -0.456 e. The summed E-state index contributed by atoms with van der Waals surface area (Å²) in [5, 5.41) is 3.91. The summed E-state index contributed by atoms with van der Waals surface area (Å²) in [4.78, 5) is 18.9. The number of hydrogen-bond donors (Lipinski definition) is 0. The number of likely N-dealkylation sites (tertiary alicyclic amines) is 1. The van der Waals surface area contributed by atoms with Crippen LogP contribution in [0.5, 0.6) is 0 Å². The van der Waals surface area contributed by atoms with Gasteiger partial charge in [-0.1, -0.05) is 5.16 Å². The van der Waals surface area contributed by atoms with Crippen molar-refractivity contribution in [3.8, 4) is 0 Å². The second-order valence-corrected chi connectivity index (χ2v) is 6.34. The molecule has 122 valence electrons. The van der Waals surface area contributed by atoms with Crippen LogP contribution in [0.3, 0.4) is 0 Å². The normalized spacial score (nSPS) is 27.2. The summed E-state index contributed by atoms with van der Waals surface area (Å²) < 4.78 is 16.8. The zero-order chi connectivity index (χ0) is 16.0. The Hall–Kier alpha value is -2.15. The lowest BCUT2D eigenvalue weighted by Gasteiger charge is -2.40. The number of nitrogens with zero attached hydrogens (tertiary/aromatic N) is 3. The van der Waals surface area contributed by atoms with Crippen LogP contribution in [0.4, 0.5) is 0 Å². The molecule has 2 aromatic rings. The third kappa shape index (κ3) is 2.26. The van der Waals surface area contributed by atoms with Gasteiger partial charge in [0.05, 0.1) is 11.5 Å². The summed E-state index contributed by atoms with van der Waals surface area (Å²) in [5.74, 6) is 2.18. The number of carbonyl (C=O) groups is 1. The second kappa shape index (κ2) is 5.19. The van der Waals surface area contributed by atoms with Gasteiger partial charge in [0.25, 0.3) is 5.91 Å². The molecule has 2 fully saturated rings. The molecule has 2 saturated heterocycles. The summed E-state index contributed by atoms with van der Waals surface area (Å²) in [5.41, 5.74) is -0.406. The largest absolute Gasteiger partial charge is 0.456 e. The highest BCUT2D eigenvalue weighted by Gasteiger charge is 2.53. The molecule has 0 radical (unpaired) electrons. The van der Waals surface area contributed by atoms with Crippen molar-refractivity contribution in [1.29, 1.82) is 0 Å². The van der Waals surface area contributed by atoms with Gasteiger partial charge in [0.1, 0.15) is 5.76 Å². The second-order valence-electron chi connectivity index (χ2n) is 6.34. The highest BCUT2D eigenvalue weighted by Crippen LogP contribution is 2.43. The van der Waals surface area contributed by atoms with Crippen molar-refractivity contribution >= 4 is 5.91 Å². The van der Waals surface area contributed by atoms with Gasteiger partial charge < -0.3 is 18.6 Å². The SMILES string of the molecule is Cc1noc([C@@]23CCO[C@@H]2CCN(C(=O)c2ccc(C)o2)C3)n1. The molecule has 0 N–H and O–H groups in total. The number of amides is 1. The van der Waals surface area contributed by atoms with Crippen molar-refractivity contribution in [2.45, 2.75) is 38.2 Å². The van der Waals surface area contributed by atoms with Crippen molar-refractivity contribution in [3.63, 3.8) is 0 Å². The monoisotopic (exact) mass is 317 g/mol. The molecular formula is C16H19N3O4. The quantitative estimate of drug-likeness (QED) is 0.841. The average Bonchev–Trinajstić information content (AvgIpc) is 3.25. The number of rotatable bonds is 2. The molecule has 0 unspecified atom stereocenters. The molecule has 7 heteroatoms. The number of piperidine rings is 1. The molecule has 0 saturated carbocycles. The Balaban J connectivity index is 1.64. The van der Waals surface area contributed by atoms with Crippen molar-refractivity contribution in [2.75, 3.05) is 19.7 Å². The van der Waals surface area contributed by atoms with Crippen LogP contribution in [0.25, 0.3) is 0 Å². The van der Waals surface area contributed by atoms with Gasteiger partial charge in [-0.15, -0.1) is 0 Å². The molecule has 1 amide bonds. The zero-order valence-corrected chi connectivity index (χ0v) is 13.2. The maximum Gasteiger partial charge on any atom is 0.289 e. The third-order valence-electron chi connectivity index (χ3n) is 4.81. The van der Waals surface area contributed by atoms with E-state index in [4.69, 9.17) is 13.7 Å². The molecule has 7 nitrogen and oxygen atoms in total. The maximum atomic E-state index is 12.7. The van der Waals surface area contributed by atoms with Crippen LogP contribution < -0.4 is 0 Å².